The number of hydrogen-bond acceptors (Lipinski definition) is 3. The summed E-state index contributed by atoms with van der Waals surface area (Å²) in [6, 6.07) is 3.22. The average molecular weight is 350 g/mol. The summed E-state index contributed by atoms with van der Waals surface area (Å²) in [7, 11) is 1.71. The molecular formula is C12H16FIN2O. The highest BCUT2D eigenvalue weighted by Crippen LogP contribution is 2.31. The van der Waals surface area contributed by atoms with E-state index in [-0.39, 0.29) is 5.82 Å². The van der Waals surface area contributed by atoms with Gasteiger partial charge in [-0.15, -0.1) is 0 Å². The van der Waals surface area contributed by atoms with E-state index >= 15 is 0 Å². The van der Waals surface area contributed by atoms with Crippen LogP contribution in [0.3, 0.4) is 0 Å². The van der Waals surface area contributed by atoms with E-state index in [2.05, 4.69) is 4.90 Å². The number of anilines is 2. The monoisotopic (exact) mass is 350 g/mol. The molecule has 1 aromatic rings. The molecule has 1 unspecified atom stereocenters. The van der Waals surface area contributed by atoms with E-state index in [1.165, 1.54) is 6.07 Å². The van der Waals surface area contributed by atoms with Crippen LogP contribution in [0.5, 0.6) is 0 Å². The fourth-order valence-electron chi connectivity index (χ4n) is 2.25. The van der Waals surface area contributed by atoms with E-state index < -0.39 is 0 Å². The number of benzene rings is 1. The first-order chi connectivity index (χ1) is 8.11. The Morgan fingerprint density at radius 1 is 1.59 bits per heavy atom. The number of nitrogens with two attached hydrogens (primary N) is 1. The van der Waals surface area contributed by atoms with Crippen molar-refractivity contribution in [1.29, 1.82) is 0 Å². The van der Waals surface area contributed by atoms with Crippen molar-refractivity contribution < 1.29 is 9.13 Å². The standard InChI is InChI=1S/C12H16FIN2O/c1-17-7-8-2-3-16(6-8)12-4-9(13)10(14)5-11(12)15/h4-5,8H,2-3,6-7,15H2,1H3. The molecule has 1 heterocycles. The van der Waals surface area contributed by atoms with E-state index in [4.69, 9.17) is 10.5 Å². The maximum atomic E-state index is 13.5. The van der Waals surface area contributed by atoms with Gasteiger partial charge in [0.2, 0.25) is 0 Å². The molecule has 0 spiro atoms. The second kappa shape index (κ2) is 5.39. The fourth-order valence-corrected chi connectivity index (χ4v) is 2.74. The highest BCUT2D eigenvalue weighted by Gasteiger charge is 2.24. The zero-order chi connectivity index (χ0) is 12.4. The minimum Gasteiger partial charge on any atom is -0.397 e. The quantitative estimate of drug-likeness (QED) is 0.673. The van der Waals surface area contributed by atoms with Crippen molar-refractivity contribution >= 4 is 34.0 Å². The van der Waals surface area contributed by atoms with Crippen molar-refractivity contribution in [3.63, 3.8) is 0 Å². The van der Waals surface area contributed by atoms with Gasteiger partial charge in [0.05, 0.1) is 21.6 Å². The molecule has 94 valence electrons. The topological polar surface area (TPSA) is 38.5 Å². The van der Waals surface area contributed by atoms with Gasteiger partial charge in [-0.2, -0.15) is 0 Å². The summed E-state index contributed by atoms with van der Waals surface area (Å²) in [6.45, 7) is 2.56. The SMILES string of the molecule is COCC1CCN(c2cc(F)c(I)cc2N)C1. The van der Waals surface area contributed by atoms with Crippen LogP contribution in [0.2, 0.25) is 0 Å². The maximum absolute atomic E-state index is 13.5. The van der Waals surface area contributed by atoms with E-state index in [9.17, 15) is 4.39 Å². The Bertz CT molecular complexity index is 414. The van der Waals surface area contributed by atoms with Crippen molar-refractivity contribution in [2.45, 2.75) is 6.42 Å². The Morgan fingerprint density at radius 3 is 3.06 bits per heavy atom. The maximum Gasteiger partial charge on any atom is 0.138 e. The molecule has 1 aliphatic heterocycles. The molecule has 2 N–H and O–H groups in total. The number of rotatable bonds is 3. The molecule has 17 heavy (non-hydrogen) atoms. The van der Waals surface area contributed by atoms with Gasteiger partial charge in [0.1, 0.15) is 5.82 Å². The second-order valence-corrected chi connectivity index (χ2v) is 5.54. The van der Waals surface area contributed by atoms with Crippen LogP contribution in [0.15, 0.2) is 12.1 Å². The predicted octanol–water partition coefficient (Wildman–Crippen LogP) is 2.49. The third kappa shape index (κ3) is 2.82. The molecule has 2 rings (SSSR count). The van der Waals surface area contributed by atoms with Crippen LogP contribution in [0.4, 0.5) is 15.8 Å². The van der Waals surface area contributed by atoms with Crippen LogP contribution in [0.25, 0.3) is 0 Å². The van der Waals surface area contributed by atoms with Crippen LogP contribution in [0.1, 0.15) is 6.42 Å². The summed E-state index contributed by atoms with van der Waals surface area (Å²) in [4.78, 5) is 2.14. The van der Waals surface area contributed by atoms with Gasteiger partial charge < -0.3 is 15.4 Å². The van der Waals surface area contributed by atoms with Crippen molar-refractivity contribution in [2.24, 2.45) is 5.92 Å². The average Bonchev–Trinajstić information content (AvgIpc) is 2.72. The molecule has 0 bridgehead atoms. The number of nitrogens with zero attached hydrogens (tertiary/aromatic N) is 1. The number of hydrogen-bond donors (Lipinski definition) is 1. The largest absolute Gasteiger partial charge is 0.397 e. The smallest absolute Gasteiger partial charge is 0.138 e. The first-order valence-corrected chi connectivity index (χ1v) is 6.68. The number of ether oxygens (including phenoxy) is 1. The van der Waals surface area contributed by atoms with Crippen LogP contribution >= 0.6 is 22.6 Å². The molecule has 1 fully saturated rings. The van der Waals surface area contributed by atoms with Crippen LogP contribution in [-0.2, 0) is 4.74 Å². The minimum atomic E-state index is -0.204. The lowest BCUT2D eigenvalue weighted by molar-refractivity contribution is 0.161. The van der Waals surface area contributed by atoms with Crippen LogP contribution in [-0.4, -0.2) is 26.8 Å². The normalized spacial score (nSPS) is 19.9. The Morgan fingerprint density at radius 2 is 2.35 bits per heavy atom. The molecule has 1 atom stereocenters. The Labute approximate surface area is 114 Å². The van der Waals surface area contributed by atoms with E-state index in [0.717, 1.165) is 31.8 Å². The molecule has 1 saturated heterocycles. The molecule has 3 nitrogen and oxygen atoms in total. The lowest BCUT2D eigenvalue weighted by atomic mass is 10.1. The highest BCUT2D eigenvalue weighted by atomic mass is 127. The molecule has 1 aromatic carbocycles. The zero-order valence-electron chi connectivity index (χ0n) is 9.75. The first-order valence-electron chi connectivity index (χ1n) is 5.60. The van der Waals surface area contributed by atoms with E-state index in [0.29, 0.717) is 15.2 Å². The molecule has 0 radical (unpaired) electrons. The highest BCUT2D eigenvalue weighted by molar-refractivity contribution is 14.1. The van der Waals surface area contributed by atoms with Crippen molar-refractivity contribution in [1.82, 2.24) is 0 Å². The van der Waals surface area contributed by atoms with Gasteiger partial charge in [0.15, 0.2) is 0 Å². The summed E-state index contributed by atoms with van der Waals surface area (Å²) < 4.78 is 19.3. The van der Waals surface area contributed by atoms with E-state index in [1.807, 2.05) is 22.6 Å². The third-order valence-corrected chi connectivity index (χ3v) is 3.93. The van der Waals surface area contributed by atoms with Gasteiger partial charge in [-0.1, -0.05) is 0 Å². The Kier molecular flexibility index (Phi) is 4.09. The number of nitrogen functional groups attached to an aromatic ring is 1. The predicted molar refractivity (Wildman–Crippen MR) is 75.7 cm³/mol. The number of halogens is 2. The Hall–Kier alpha value is -0.560. The van der Waals surface area contributed by atoms with Gasteiger partial charge in [-0.25, -0.2) is 4.39 Å². The number of methoxy groups -OCH3 is 1. The summed E-state index contributed by atoms with van der Waals surface area (Å²) in [5, 5.41) is 0. The summed E-state index contributed by atoms with van der Waals surface area (Å²) in [6.07, 6.45) is 1.07. The van der Waals surface area contributed by atoms with Gasteiger partial charge in [0.25, 0.3) is 0 Å². The van der Waals surface area contributed by atoms with Gasteiger partial charge in [-0.3, -0.25) is 0 Å². The first kappa shape index (κ1) is 12.9. The molecule has 0 saturated carbocycles. The zero-order valence-corrected chi connectivity index (χ0v) is 11.9. The summed E-state index contributed by atoms with van der Waals surface area (Å²) in [5.41, 5.74) is 7.40. The Balaban J connectivity index is 2.16. The fraction of sp³-hybridized carbons (Fsp3) is 0.500. The molecule has 1 aliphatic rings. The molecule has 0 amide bonds. The lowest BCUT2D eigenvalue weighted by Crippen LogP contribution is -2.22. The van der Waals surface area contributed by atoms with E-state index in [1.54, 1.807) is 13.2 Å². The van der Waals surface area contributed by atoms with Gasteiger partial charge in [0, 0.05) is 32.2 Å². The summed E-state index contributed by atoms with van der Waals surface area (Å²) in [5.74, 6) is 0.312. The van der Waals surface area contributed by atoms with Crippen molar-refractivity contribution in [2.75, 3.05) is 37.4 Å². The van der Waals surface area contributed by atoms with Crippen molar-refractivity contribution in [3.8, 4) is 0 Å². The van der Waals surface area contributed by atoms with Gasteiger partial charge in [-0.05, 0) is 35.1 Å². The van der Waals surface area contributed by atoms with Gasteiger partial charge >= 0.3 is 0 Å². The molecule has 0 aromatic heterocycles. The van der Waals surface area contributed by atoms with Crippen LogP contribution in [0, 0.1) is 15.3 Å². The molecule has 5 heteroatoms. The van der Waals surface area contributed by atoms with Crippen LogP contribution < -0.4 is 10.6 Å². The third-order valence-electron chi connectivity index (χ3n) is 3.10. The molecular weight excluding hydrogens is 334 g/mol. The molecule has 0 aliphatic carbocycles. The lowest BCUT2D eigenvalue weighted by Gasteiger charge is -2.21. The van der Waals surface area contributed by atoms with Crippen molar-refractivity contribution in [3.05, 3.63) is 21.5 Å². The second-order valence-electron chi connectivity index (χ2n) is 4.38. The minimum absolute atomic E-state index is 0.204. The summed E-state index contributed by atoms with van der Waals surface area (Å²) >= 11 is 1.95.